The van der Waals surface area contributed by atoms with Crippen molar-refractivity contribution >= 4 is 51.5 Å². The number of rotatable bonds is 8. The number of carbonyl (C=O) groups excluding carboxylic acids is 3. The molecule has 3 amide bonds. The van der Waals surface area contributed by atoms with E-state index in [-0.39, 0.29) is 43.5 Å². The molecule has 202 valence electrons. The van der Waals surface area contributed by atoms with Gasteiger partial charge in [-0.3, -0.25) is 19.3 Å². The van der Waals surface area contributed by atoms with E-state index in [1.54, 1.807) is 24.3 Å². The number of thioether (sulfide) groups is 1. The minimum Gasteiger partial charge on any atom is -0.492 e. The van der Waals surface area contributed by atoms with Crippen molar-refractivity contribution in [3.05, 3.63) is 89.0 Å². The topological polar surface area (TPSA) is 99.1 Å². The van der Waals surface area contributed by atoms with Gasteiger partial charge in [0.1, 0.15) is 18.9 Å². The third kappa shape index (κ3) is 5.01. The van der Waals surface area contributed by atoms with Crippen LogP contribution >= 0.6 is 11.8 Å². The second-order valence-electron chi connectivity index (χ2n) is 9.21. The number of hydrogen-bond acceptors (Lipinski definition) is 7. The highest BCUT2D eigenvalue weighted by Crippen LogP contribution is 2.36. The first-order valence-electron chi connectivity index (χ1n) is 12.7. The normalized spacial score (nSPS) is 15.3. The smallest absolute Gasteiger partial charge is 0.293 e. The summed E-state index contributed by atoms with van der Waals surface area (Å²) in [5, 5.41) is 3.46. The standard InChI is InChI=1S/C30H25N3O6S/c1-19-23(16-27-29(35)32(30(36)40-27)13-14-37-21-7-3-2-4-8-21)22-9-5-6-10-24(22)33(19)17-28(34)31-20-11-12-25-26(15-20)39-18-38-25/h2-12,15-16H,13-14,17-18H2,1H3,(H,31,34)/b27-16-. The third-order valence-electron chi connectivity index (χ3n) is 6.71. The molecule has 2 aliphatic heterocycles. The van der Waals surface area contributed by atoms with Crippen molar-refractivity contribution in [1.82, 2.24) is 9.47 Å². The summed E-state index contributed by atoms with van der Waals surface area (Å²) < 4.78 is 18.3. The second-order valence-corrected chi connectivity index (χ2v) is 10.2. The van der Waals surface area contributed by atoms with E-state index >= 15 is 0 Å². The van der Waals surface area contributed by atoms with E-state index in [0.717, 1.165) is 33.9 Å². The number of hydrogen-bond donors (Lipinski definition) is 1. The van der Waals surface area contributed by atoms with E-state index in [0.29, 0.717) is 27.8 Å². The van der Waals surface area contributed by atoms with Crippen molar-refractivity contribution in [2.24, 2.45) is 0 Å². The van der Waals surface area contributed by atoms with Gasteiger partial charge in [-0.1, -0.05) is 36.4 Å². The number of carbonyl (C=O) groups is 3. The first-order valence-corrected chi connectivity index (χ1v) is 13.5. The zero-order valence-corrected chi connectivity index (χ0v) is 22.4. The third-order valence-corrected chi connectivity index (χ3v) is 7.62. The fourth-order valence-electron chi connectivity index (χ4n) is 4.76. The van der Waals surface area contributed by atoms with Crippen molar-refractivity contribution in [3.8, 4) is 17.2 Å². The minimum atomic E-state index is -0.358. The SMILES string of the molecule is Cc1c(/C=C2\SC(=O)N(CCOc3ccccc3)C2=O)c2ccccc2n1CC(=O)Nc1ccc2c(c1)OCO2. The fourth-order valence-corrected chi connectivity index (χ4v) is 5.60. The van der Waals surface area contributed by atoms with Crippen LogP contribution in [0.1, 0.15) is 11.3 Å². The Hall–Kier alpha value is -4.70. The van der Waals surface area contributed by atoms with Crippen LogP contribution in [-0.4, -0.2) is 46.5 Å². The van der Waals surface area contributed by atoms with Crippen LogP contribution < -0.4 is 19.5 Å². The fraction of sp³-hybridized carbons (Fsp3) is 0.167. The largest absolute Gasteiger partial charge is 0.492 e. The lowest BCUT2D eigenvalue weighted by Gasteiger charge is -2.13. The maximum Gasteiger partial charge on any atom is 0.293 e. The number of benzene rings is 3. The zero-order chi connectivity index (χ0) is 27.6. The molecule has 0 saturated carbocycles. The van der Waals surface area contributed by atoms with Gasteiger partial charge in [-0.15, -0.1) is 0 Å². The lowest BCUT2D eigenvalue weighted by atomic mass is 10.1. The summed E-state index contributed by atoms with van der Waals surface area (Å²) in [6.45, 7) is 2.47. The van der Waals surface area contributed by atoms with Gasteiger partial charge in [0.2, 0.25) is 12.7 Å². The van der Waals surface area contributed by atoms with E-state index in [2.05, 4.69) is 5.32 Å². The van der Waals surface area contributed by atoms with Crippen LogP contribution in [0.25, 0.3) is 17.0 Å². The number of nitrogens with one attached hydrogen (secondary N) is 1. The average Bonchev–Trinajstić information content (AvgIpc) is 3.61. The Balaban J connectivity index is 1.20. The van der Waals surface area contributed by atoms with Crippen LogP contribution in [0.15, 0.2) is 77.7 Å². The van der Waals surface area contributed by atoms with Crippen LogP contribution in [-0.2, 0) is 16.1 Å². The molecule has 1 fully saturated rings. The predicted octanol–water partition coefficient (Wildman–Crippen LogP) is 5.43. The minimum absolute atomic E-state index is 0.0624. The summed E-state index contributed by atoms with van der Waals surface area (Å²) >= 11 is 0.907. The molecule has 0 spiro atoms. The second kappa shape index (κ2) is 10.8. The van der Waals surface area contributed by atoms with Crippen LogP contribution in [0, 0.1) is 6.92 Å². The maximum atomic E-state index is 13.1. The number of nitrogens with zero attached hydrogens (tertiary/aromatic N) is 2. The van der Waals surface area contributed by atoms with Crippen molar-refractivity contribution in [1.29, 1.82) is 0 Å². The molecule has 9 nitrogen and oxygen atoms in total. The van der Waals surface area contributed by atoms with Crippen LogP contribution in [0.2, 0.25) is 0 Å². The molecule has 3 heterocycles. The van der Waals surface area contributed by atoms with E-state index in [1.807, 2.05) is 66.1 Å². The van der Waals surface area contributed by atoms with Crippen molar-refractivity contribution in [2.45, 2.75) is 13.5 Å². The number of para-hydroxylation sites is 2. The Morgan fingerprint density at radius 3 is 2.65 bits per heavy atom. The van der Waals surface area contributed by atoms with Crippen molar-refractivity contribution < 1.29 is 28.6 Å². The summed E-state index contributed by atoms with van der Waals surface area (Å²) in [7, 11) is 0. The number of amides is 3. The van der Waals surface area contributed by atoms with Gasteiger partial charge in [-0.2, -0.15) is 0 Å². The number of fused-ring (bicyclic) bond motifs is 2. The van der Waals surface area contributed by atoms with Gasteiger partial charge in [-0.25, -0.2) is 0 Å². The van der Waals surface area contributed by atoms with E-state index in [4.69, 9.17) is 14.2 Å². The molecule has 6 rings (SSSR count). The van der Waals surface area contributed by atoms with Gasteiger partial charge in [0.15, 0.2) is 11.5 Å². The summed E-state index contributed by atoms with van der Waals surface area (Å²) in [6, 6.07) is 22.2. The Bertz CT molecular complexity index is 1660. The van der Waals surface area contributed by atoms with Gasteiger partial charge < -0.3 is 24.1 Å². The first-order chi connectivity index (χ1) is 19.5. The summed E-state index contributed by atoms with van der Waals surface area (Å²) in [4.78, 5) is 40.4. The molecule has 10 heteroatoms. The molecule has 3 aromatic carbocycles. The van der Waals surface area contributed by atoms with Gasteiger partial charge in [0.25, 0.3) is 11.1 Å². The summed E-state index contributed by atoms with van der Waals surface area (Å²) in [6.07, 6.45) is 1.74. The molecule has 1 aromatic heterocycles. The van der Waals surface area contributed by atoms with E-state index in [9.17, 15) is 14.4 Å². The molecule has 0 unspecified atom stereocenters. The van der Waals surface area contributed by atoms with Gasteiger partial charge in [0, 0.05) is 33.9 Å². The summed E-state index contributed by atoms with van der Waals surface area (Å²) in [5.41, 5.74) is 3.05. The molecular formula is C30H25N3O6S. The molecule has 0 aliphatic carbocycles. The Labute approximate surface area is 234 Å². The van der Waals surface area contributed by atoms with E-state index in [1.165, 1.54) is 4.90 Å². The first kappa shape index (κ1) is 25.6. The zero-order valence-electron chi connectivity index (χ0n) is 21.6. The molecule has 1 N–H and O–H groups in total. The lowest BCUT2D eigenvalue weighted by Crippen LogP contribution is -2.32. The molecular weight excluding hydrogens is 530 g/mol. The lowest BCUT2D eigenvalue weighted by molar-refractivity contribution is -0.123. The van der Waals surface area contributed by atoms with Gasteiger partial charge in [0.05, 0.1) is 11.4 Å². The Morgan fingerprint density at radius 1 is 1.02 bits per heavy atom. The molecule has 2 aliphatic rings. The Morgan fingerprint density at radius 2 is 1.80 bits per heavy atom. The molecule has 1 saturated heterocycles. The van der Waals surface area contributed by atoms with Crippen molar-refractivity contribution in [3.63, 3.8) is 0 Å². The number of aromatic nitrogens is 1. The van der Waals surface area contributed by atoms with Gasteiger partial charge in [-0.05, 0) is 55.1 Å². The number of anilines is 1. The molecule has 0 atom stereocenters. The maximum absolute atomic E-state index is 13.1. The molecule has 4 aromatic rings. The number of ether oxygens (including phenoxy) is 3. The average molecular weight is 556 g/mol. The monoisotopic (exact) mass is 555 g/mol. The summed E-state index contributed by atoms with van der Waals surface area (Å²) in [5.74, 6) is 1.33. The quantitative estimate of drug-likeness (QED) is 0.289. The highest BCUT2D eigenvalue weighted by atomic mass is 32.2. The molecule has 0 bridgehead atoms. The highest BCUT2D eigenvalue weighted by molar-refractivity contribution is 8.18. The van der Waals surface area contributed by atoms with Crippen LogP contribution in [0.4, 0.5) is 10.5 Å². The van der Waals surface area contributed by atoms with Crippen LogP contribution in [0.5, 0.6) is 17.2 Å². The Kier molecular flexibility index (Phi) is 6.91. The van der Waals surface area contributed by atoms with Crippen LogP contribution in [0.3, 0.4) is 0 Å². The predicted molar refractivity (Wildman–Crippen MR) is 152 cm³/mol. The van der Waals surface area contributed by atoms with E-state index < -0.39 is 0 Å². The van der Waals surface area contributed by atoms with Crippen molar-refractivity contribution in [2.75, 3.05) is 25.3 Å². The molecule has 0 radical (unpaired) electrons. The van der Waals surface area contributed by atoms with Gasteiger partial charge >= 0.3 is 0 Å². The highest BCUT2D eigenvalue weighted by Gasteiger charge is 2.35. The number of imide groups is 1. The molecule has 40 heavy (non-hydrogen) atoms.